The summed E-state index contributed by atoms with van der Waals surface area (Å²) in [5.74, 6) is -1.43. The molecule has 1 N–H and O–H groups in total. The van der Waals surface area contributed by atoms with Crippen molar-refractivity contribution in [1.82, 2.24) is 5.32 Å². The van der Waals surface area contributed by atoms with Crippen LogP contribution in [0.4, 0.5) is 10.1 Å². The van der Waals surface area contributed by atoms with Crippen molar-refractivity contribution >= 4 is 17.4 Å². The highest BCUT2D eigenvalue weighted by molar-refractivity contribution is 6.02. The van der Waals surface area contributed by atoms with Gasteiger partial charge in [0, 0.05) is 24.3 Å². The Bertz CT molecular complexity index is 756. The number of amides is 1. The molecule has 0 saturated carbocycles. The van der Waals surface area contributed by atoms with Crippen molar-refractivity contribution in [2.45, 2.75) is 0 Å². The van der Waals surface area contributed by atoms with Crippen LogP contribution in [0.1, 0.15) is 20.7 Å². The summed E-state index contributed by atoms with van der Waals surface area (Å²) in [6.45, 7) is 2.87. The molecule has 0 aromatic heterocycles. The van der Waals surface area contributed by atoms with Gasteiger partial charge in [-0.2, -0.15) is 0 Å². The summed E-state index contributed by atoms with van der Waals surface area (Å²) >= 11 is 0. The molecule has 2 aromatic rings. The Kier molecular flexibility index (Phi) is 5.40. The van der Waals surface area contributed by atoms with Crippen molar-refractivity contribution in [2.75, 3.05) is 37.7 Å². The lowest BCUT2D eigenvalue weighted by Crippen LogP contribution is -2.36. The van der Waals surface area contributed by atoms with Crippen LogP contribution in [0.25, 0.3) is 0 Å². The van der Waals surface area contributed by atoms with Gasteiger partial charge < -0.3 is 15.0 Å². The van der Waals surface area contributed by atoms with Gasteiger partial charge in [-0.1, -0.05) is 12.1 Å². The summed E-state index contributed by atoms with van der Waals surface area (Å²) in [5.41, 5.74) is 1.47. The van der Waals surface area contributed by atoms with Crippen molar-refractivity contribution in [3.05, 3.63) is 65.5 Å². The fraction of sp³-hybridized carbons (Fsp3) is 0.263. The third-order valence-corrected chi connectivity index (χ3v) is 4.09. The lowest BCUT2D eigenvalue weighted by molar-refractivity contribution is 0.0901. The fourth-order valence-electron chi connectivity index (χ4n) is 2.68. The van der Waals surface area contributed by atoms with Crippen molar-refractivity contribution < 1.29 is 18.7 Å². The fourth-order valence-corrected chi connectivity index (χ4v) is 2.68. The van der Waals surface area contributed by atoms with Gasteiger partial charge in [0.2, 0.25) is 0 Å². The van der Waals surface area contributed by atoms with E-state index in [1.807, 2.05) is 12.1 Å². The third kappa shape index (κ3) is 4.22. The smallest absolute Gasteiger partial charge is 0.254 e. The van der Waals surface area contributed by atoms with Crippen LogP contribution in [0.2, 0.25) is 0 Å². The summed E-state index contributed by atoms with van der Waals surface area (Å²) in [5, 5.41) is 2.46. The van der Waals surface area contributed by atoms with Gasteiger partial charge in [-0.25, -0.2) is 4.39 Å². The number of nitrogens with zero attached hydrogens (tertiary/aromatic N) is 1. The SMILES string of the molecule is O=C(CNC(=O)c1ccccc1F)c1ccc(N2CCOCC2)cc1. The molecule has 1 saturated heterocycles. The quantitative estimate of drug-likeness (QED) is 0.847. The molecule has 130 valence electrons. The molecule has 6 heteroatoms. The number of benzene rings is 2. The van der Waals surface area contributed by atoms with Crippen molar-refractivity contribution in [3.8, 4) is 0 Å². The Morgan fingerprint density at radius 3 is 2.40 bits per heavy atom. The lowest BCUT2D eigenvalue weighted by Gasteiger charge is -2.28. The average Bonchev–Trinajstić information content (AvgIpc) is 2.67. The highest BCUT2D eigenvalue weighted by Gasteiger charge is 2.14. The van der Waals surface area contributed by atoms with Crippen LogP contribution in [0, 0.1) is 5.82 Å². The number of rotatable bonds is 5. The van der Waals surface area contributed by atoms with Crippen LogP contribution >= 0.6 is 0 Å². The normalized spacial score (nSPS) is 14.2. The highest BCUT2D eigenvalue weighted by atomic mass is 19.1. The molecule has 0 spiro atoms. The Morgan fingerprint density at radius 2 is 1.72 bits per heavy atom. The van der Waals surface area contributed by atoms with Crippen LogP contribution in [0.5, 0.6) is 0 Å². The Hall–Kier alpha value is -2.73. The number of carbonyl (C=O) groups excluding carboxylic acids is 2. The van der Waals surface area contributed by atoms with Gasteiger partial charge in [-0.05, 0) is 36.4 Å². The van der Waals surface area contributed by atoms with Gasteiger partial charge in [0.05, 0.1) is 25.3 Å². The summed E-state index contributed by atoms with van der Waals surface area (Å²) < 4.78 is 18.9. The number of Topliss-reactive ketones (excluding diaryl/α,β-unsaturated/α-hetero) is 1. The first-order chi connectivity index (χ1) is 12.1. The van der Waals surface area contributed by atoms with E-state index in [9.17, 15) is 14.0 Å². The maximum atomic E-state index is 13.5. The molecule has 1 fully saturated rings. The Balaban J connectivity index is 1.58. The topological polar surface area (TPSA) is 58.6 Å². The lowest BCUT2D eigenvalue weighted by atomic mass is 10.1. The molecule has 1 aliphatic heterocycles. The standard InChI is InChI=1S/C19H19FN2O3/c20-17-4-2-1-3-16(17)19(24)21-13-18(23)14-5-7-15(8-6-14)22-9-11-25-12-10-22/h1-8H,9-13H2,(H,21,24). The molecule has 0 radical (unpaired) electrons. The van der Waals surface area contributed by atoms with E-state index in [0.29, 0.717) is 18.8 Å². The Morgan fingerprint density at radius 1 is 1.04 bits per heavy atom. The summed E-state index contributed by atoms with van der Waals surface area (Å²) in [4.78, 5) is 26.3. The van der Waals surface area contributed by atoms with E-state index in [-0.39, 0.29) is 17.9 Å². The number of hydrogen-bond acceptors (Lipinski definition) is 4. The van der Waals surface area contributed by atoms with Gasteiger partial charge in [0.25, 0.3) is 5.91 Å². The van der Waals surface area contributed by atoms with Gasteiger partial charge >= 0.3 is 0 Å². The molecule has 1 amide bonds. The van der Waals surface area contributed by atoms with Gasteiger partial charge in [0.15, 0.2) is 5.78 Å². The van der Waals surface area contributed by atoms with E-state index in [4.69, 9.17) is 4.74 Å². The number of morpholine rings is 1. The first-order valence-electron chi connectivity index (χ1n) is 8.14. The molecule has 0 aliphatic carbocycles. The van der Waals surface area contributed by atoms with Crippen molar-refractivity contribution in [3.63, 3.8) is 0 Å². The predicted molar refractivity (Wildman–Crippen MR) is 92.5 cm³/mol. The molecule has 0 bridgehead atoms. The summed E-state index contributed by atoms with van der Waals surface area (Å²) in [6.07, 6.45) is 0. The van der Waals surface area contributed by atoms with E-state index in [0.717, 1.165) is 18.8 Å². The number of nitrogens with one attached hydrogen (secondary N) is 1. The van der Waals surface area contributed by atoms with Crippen LogP contribution in [-0.2, 0) is 4.74 Å². The monoisotopic (exact) mass is 342 g/mol. The minimum atomic E-state index is -0.609. The van der Waals surface area contributed by atoms with Crippen LogP contribution < -0.4 is 10.2 Å². The van der Waals surface area contributed by atoms with Crippen LogP contribution in [0.15, 0.2) is 48.5 Å². The Labute approximate surface area is 145 Å². The molecule has 0 unspecified atom stereocenters. The second-order valence-corrected chi connectivity index (χ2v) is 5.73. The first-order valence-corrected chi connectivity index (χ1v) is 8.14. The van der Waals surface area contributed by atoms with E-state index >= 15 is 0 Å². The van der Waals surface area contributed by atoms with E-state index < -0.39 is 11.7 Å². The van der Waals surface area contributed by atoms with Crippen LogP contribution in [0.3, 0.4) is 0 Å². The second-order valence-electron chi connectivity index (χ2n) is 5.73. The zero-order chi connectivity index (χ0) is 17.6. The maximum absolute atomic E-state index is 13.5. The van der Waals surface area contributed by atoms with E-state index in [1.165, 1.54) is 18.2 Å². The molecular weight excluding hydrogens is 323 g/mol. The molecule has 1 aliphatic rings. The van der Waals surface area contributed by atoms with Crippen molar-refractivity contribution in [1.29, 1.82) is 0 Å². The minimum absolute atomic E-state index is 0.0713. The summed E-state index contributed by atoms with van der Waals surface area (Å²) in [7, 11) is 0. The number of halogens is 1. The van der Waals surface area contributed by atoms with Crippen molar-refractivity contribution in [2.24, 2.45) is 0 Å². The predicted octanol–water partition coefficient (Wildman–Crippen LogP) is 2.28. The van der Waals surface area contributed by atoms with Crippen LogP contribution in [-0.4, -0.2) is 44.5 Å². The zero-order valence-electron chi connectivity index (χ0n) is 13.7. The third-order valence-electron chi connectivity index (χ3n) is 4.09. The molecular formula is C19H19FN2O3. The van der Waals surface area contributed by atoms with Gasteiger partial charge in [0.1, 0.15) is 5.82 Å². The molecule has 1 heterocycles. The molecule has 3 rings (SSSR count). The first kappa shape index (κ1) is 17.1. The number of carbonyl (C=O) groups is 2. The number of hydrogen-bond donors (Lipinski definition) is 1. The molecule has 25 heavy (non-hydrogen) atoms. The van der Waals surface area contributed by atoms with Gasteiger partial charge in [-0.3, -0.25) is 9.59 Å². The average molecular weight is 342 g/mol. The maximum Gasteiger partial charge on any atom is 0.254 e. The largest absolute Gasteiger partial charge is 0.378 e. The molecule has 2 aromatic carbocycles. The van der Waals surface area contributed by atoms with Gasteiger partial charge in [-0.15, -0.1) is 0 Å². The number of ether oxygens (including phenoxy) is 1. The molecule has 5 nitrogen and oxygen atoms in total. The molecule has 0 atom stereocenters. The second kappa shape index (κ2) is 7.90. The number of ketones is 1. The highest BCUT2D eigenvalue weighted by Crippen LogP contribution is 2.17. The minimum Gasteiger partial charge on any atom is -0.378 e. The number of anilines is 1. The van der Waals surface area contributed by atoms with E-state index in [2.05, 4.69) is 10.2 Å². The van der Waals surface area contributed by atoms with E-state index in [1.54, 1.807) is 18.2 Å². The zero-order valence-corrected chi connectivity index (χ0v) is 13.7. The summed E-state index contributed by atoms with van der Waals surface area (Å²) in [6, 6.07) is 12.9.